The first-order valence-electron chi connectivity index (χ1n) is 6.30. The number of benzene rings is 2. The number of halogens is 1. The van der Waals surface area contributed by atoms with Crippen molar-refractivity contribution in [3.63, 3.8) is 0 Å². The smallest absolute Gasteiger partial charge is 0.134 e. The van der Waals surface area contributed by atoms with Crippen molar-refractivity contribution in [2.24, 2.45) is 0 Å². The summed E-state index contributed by atoms with van der Waals surface area (Å²) in [5, 5.41) is 17.4. The normalized spacial score (nSPS) is 10.5. The van der Waals surface area contributed by atoms with Gasteiger partial charge in [0.25, 0.3) is 0 Å². The van der Waals surface area contributed by atoms with E-state index in [4.69, 9.17) is 4.74 Å². The van der Waals surface area contributed by atoms with Crippen molar-refractivity contribution in [3.8, 4) is 17.2 Å². The third-order valence-electron chi connectivity index (χ3n) is 2.84. The van der Waals surface area contributed by atoms with E-state index in [9.17, 15) is 9.50 Å². The summed E-state index contributed by atoms with van der Waals surface area (Å²) in [6, 6.07) is 12.5. The molecule has 0 spiro atoms. The Morgan fingerprint density at radius 3 is 2.71 bits per heavy atom. The molecule has 2 aromatic carbocycles. The van der Waals surface area contributed by atoms with Crippen LogP contribution in [0.2, 0.25) is 0 Å². The maximum Gasteiger partial charge on any atom is 0.134 e. The SMILES string of the molecule is Oc1cccc(-n2cc(COc3ccc(F)cc3)nn2)c1. The van der Waals surface area contributed by atoms with E-state index in [0.717, 1.165) is 0 Å². The van der Waals surface area contributed by atoms with Crippen molar-refractivity contribution in [1.82, 2.24) is 15.0 Å². The first-order valence-corrected chi connectivity index (χ1v) is 6.30. The molecule has 1 aromatic heterocycles. The largest absolute Gasteiger partial charge is 0.508 e. The minimum Gasteiger partial charge on any atom is -0.508 e. The van der Waals surface area contributed by atoms with Gasteiger partial charge in [-0.05, 0) is 36.4 Å². The summed E-state index contributed by atoms with van der Waals surface area (Å²) in [4.78, 5) is 0. The van der Waals surface area contributed by atoms with E-state index >= 15 is 0 Å². The van der Waals surface area contributed by atoms with Crippen LogP contribution in [0.5, 0.6) is 11.5 Å². The molecule has 0 unspecified atom stereocenters. The molecule has 0 aliphatic carbocycles. The third-order valence-corrected chi connectivity index (χ3v) is 2.84. The van der Waals surface area contributed by atoms with Gasteiger partial charge >= 0.3 is 0 Å². The molecule has 0 aliphatic rings. The van der Waals surface area contributed by atoms with Crippen LogP contribution < -0.4 is 4.74 Å². The number of aromatic nitrogens is 3. The summed E-state index contributed by atoms with van der Waals surface area (Å²) in [6.45, 7) is 0.227. The Morgan fingerprint density at radius 1 is 1.14 bits per heavy atom. The molecular weight excluding hydrogens is 273 g/mol. The average molecular weight is 285 g/mol. The van der Waals surface area contributed by atoms with Crippen molar-refractivity contribution in [2.75, 3.05) is 0 Å². The summed E-state index contributed by atoms with van der Waals surface area (Å²) in [5.74, 6) is 0.410. The van der Waals surface area contributed by atoms with E-state index in [2.05, 4.69) is 10.3 Å². The summed E-state index contributed by atoms with van der Waals surface area (Å²) < 4.78 is 19.8. The summed E-state index contributed by atoms with van der Waals surface area (Å²) in [5.41, 5.74) is 1.33. The van der Waals surface area contributed by atoms with Crippen LogP contribution >= 0.6 is 0 Å². The molecule has 1 heterocycles. The molecule has 0 bridgehead atoms. The number of ether oxygens (including phenoxy) is 1. The van der Waals surface area contributed by atoms with Gasteiger partial charge in [0.2, 0.25) is 0 Å². The number of rotatable bonds is 4. The highest BCUT2D eigenvalue weighted by Gasteiger charge is 2.04. The standard InChI is InChI=1S/C15H12FN3O2/c16-11-4-6-15(7-5-11)21-10-12-9-19(18-17-12)13-2-1-3-14(20)8-13/h1-9,20H,10H2. The molecule has 1 N–H and O–H groups in total. The molecule has 0 fully saturated rings. The molecule has 106 valence electrons. The van der Waals surface area contributed by atoms with Crippen molar-refractivity contribution < 1.29 is 14.2 Å². The zero-order valence-corrected chi connectivity index (χ0v) is 11.0. The number of aromatic hydroxyl groups is 1. The minimum absolute atomic E-state index is 0.159. The second kappa shape index (κ2) is 5.62. The van der Waals surface area contributed by atoms with E-state index in [1.54, 1.807) is 47.3 Å². The first-order chi connectivity index (χ1) is 10.2. The van der Waals surface area contributed by atoms with Crippen LogP contribution in [0.3, 0.4) is 0 Å². The Kier molecular flexibility index (Phi) is 3.51. The molecule has 5 nitrogen and oxygen atoms in total. The molecule has 0 amide bonds. The third kappa shape index (κ3) is 3.17. The predicted molar refractivity (Wildman–Crippen MR) is 73.8 cm³/mol. The van der Waals surface area contributed by atoms with Gasteiger partial charge in [0.1, 0.15) is 29.6 Å². The van der Waals surface area contributed by atoms with Crippen molar-refractivity contribution in [1.29, 1.82) is 0 Å². The van der Waals surface area contributed by atoms with Crippen molar-refractivity contribution in [3.05, 3.63) is 66.2 Å². The topological polar surface area (TPSA) is 60.2 Å². The van der Waals surface area contributed by atoms with Gasteiger partial charge in [-0.1, -0.05) is 11.3 Å². The van der Waals surface area contributed by atoms with Gasteiger partial charge in [-0.2, -0.15) is 0 Å². The highest BCUT2D eigenvalue weighted by molar-refractivity contribution is 5.37. The Bertz CT molecular complexity index is 741. The van der Waals surface area contributed by atoms with Crippen LogP contribution in [-0.2, 0) is 6.61 Å². The van der Waals surface area contributed by atoms with Gasteiger partial charge in [-0.25, -0.2) is 9.07 Å². The number of hydrogen-bond acceptors (Lipinski definition) is 4. The Morgan fingerprint density at radius 2 is 1.95 bits per heavy atom. The van der Waals surface area contributed by atoms with E-state index in [1.807, 2.05) is 0 Å². The molecule has 0 saturated carbocycles. The first kappa shape index (κ1) is 13.1. The molecule has 6 heteroatoms. The molecular formula is C15H12FN3O2. The Labute approximate surface area is 120 Å². The average Bonchev–Trinajstić information content (AvgIpc) is 2.96. The lowest BCUT2D eigenvalue weighted by Gasteiger charge is -2.03. The van der Waals surface area contributed by atoms with Gasteiger partial charge in [0.15, 0.2) is 0 Å². The Balaban J connectivity index is 1.69. The summed E-state index contributed by atoms with van der Waals surface area (Å²) in [6.07, 6.45) is 1.71. The number of phenolic OH excluding ortho intramolecular Hbond substituents is 1. The van der Waals surface area contributed by atoms with Gasteiger partial charge < -0.3 is 9.84 Å². The lowest BCUT2D eigenvalue weighted by molar-refractivity contribution is 0.300. The van der Waals surface area contributed by atoms with Gasteiger partial charge in [-0.3, -0.25) is 0 Å². The number of phenols is 1. The fourth-order valence-electron chi connectivity index (χ4n) is 1.81. The Hall–Kier alpha value is -2.89. The van der Waals surface area contributed by atoms with E-state index in [-0.39, 0.29) is 18.2 Å². The van der Waals surface area contributed by atoms with Crippen molar-refractivity contribution in [2.45, 2.75) is 6.61 Å². The molecule has 21 heavy (non-hydrogen) atoms. The number of hydrogen-bond donors (Lipinski definition) is 1. The zero-order chi connectivity index (χ0) is 14.7. The monoisotopic (exact) mass is 285 g/mol. The predicted octanol–water partition coefficient (Wildman–Crippen LogP) is 2.69. The van der Waals surface area contributed by atoms with Gasteiger partial charge in [0, 0.05) is 6.07 Å². The van der Waals surface area contributed by atoms with Crippen LogP contribution in [0.4, 0.5) is 4.39 Å². The fraction of sp³-hybridized carbons (Fsp3) is 0.0667. The molecule has 0 atom stereocenters. The maximum absolute atomic E-state index is 12.8. The zero-order valence-electron chi connectivity index (χ0n) is 11.0. The summed E-state index contributed by atoms with van der Waals surface area (Å²) in [7, 11) is 0. The molecule has 0 aliphatic heterocycles. The molecule has 3 aromatic rings. The van der Waals surface area contributed by atoms with E-state index in [0.29, 0.717) is 17.1 Å². The van der Waals surface area contributed by atoms with Gasteiger partial charge in [0.05, 0.1) is 11.9 Å². The molecule has 0 saturated heterocycles. The summed E-state index contributed by atoms with van der Waals surface area (Å²) >= 11 is 0. The van der Waals surface area contributed by atoms with Crippen LogP contribution in [0.25, 0.3) is 5.69 Å². The molecule has 3 rings (SSSR count). The van der Waals surface area contributed by atoms with Crippen LogP contribution in [0.15, 0.2) is 54.7 Å². The van der Waals surface area contributed by atoms with Gasteiger partial charge in [-0.15, -0.1) is 5.10 Å². The molecule has 0 radical (unpaired) electrons. The second-order valence-corrected chi connectivity index (χ2v) is 4.42. The second-order valence-electron chi connectivity index (χ2n) is 4.42. The lowest BCUT2D eigenvalue weighted by Crippen LogP contribution is -1.95. The minimum atomic E-state index is -0.308. The van der Waals surface area contributed by atoms with Crippen LogP contribution in [0, 0.1) is 5.82 Å². The quantitative estimate of drug-likeness (QED) is 0.800. The maximum atomic E-state index is 12.8. The lowest BCUT2D eigenvalue weighted by atomic mass is 10.3. The highest BCUT2D eigenvalue weighted by atomic mass is 19.1. The van der Waals surface area contributed by atoms with E-state index < -0.39 is 0 Å². The van der Waals surface area contributed by atoms with Crippen LogP contribution in [-0.4, -0.2) is 20.1 Å². The van der Waals surface area contributed by atoms with Crippen molar-refractivity contribution >= 4 is 0 Å². The van der Waals surface area contributed by atoms with E-state index in [1.165, 1.54) is 12.1 Å². The fourth-order valence-corrected chi connectivity index (χ4v) is 1.81. The highest BCUT2D eigenvalue weighted by Crippen LogP contribution is 2.15. The number of nitrogens with zero attached hydrogens (tertiary/aromatic N) is 3. The van der Waals surface area contributed by atoms with Crippen LogP contribution in [0.1, 0.15) is 5.69 Å².